The highest BCUT2D eigenvalue weighted by Crippen LogP contribution is 2.32. The summed E-state index contributed by atoms with van der Waals surface area (Å²) in [4.78, 5) is 15.7. The van der Waals surface area contributed by atoms with Gasteiger partial charge < -0.3 is 10.1 Å². The van der Waals surface area contributed by atoms with E-state index in [4.69, 9.17) is 4.74 Å². The molecular formula is C19H18N2O2S. The third-order valence-corrected chi connectivity index (χ3v) is 4.48. The number of thiazole rings is 1. The number of esters is 1. The van der Waals surface area contributed by atoms with Crippen LogP contribution in [0, 0.1) is 0 Å². The molecule has 0 spiro atoms. The van der Waals surface area contributed by atoms with Crippen molar-refractivity contribution in [1.82, 2.24) is 4.98 Å². The summed E-state index contributed by atoms with van der Waals surface area (Å²) in [6.07, 6.45) is 4.09. The maximum absolute atomic E-state index is 11.1. The van der Waals surface area contributed by atoms with E-state index in [0.29, 0.717) is 5.75 Å². The van der Waals surface area contributed by atoms with E-state index >= 15 is 0 Å². The van der Waals surface area contributed by atoms with E-state index in [1.165, 1.54) is 6.92 Å². The molecule has 0 radical (unpaired) electrons. The Hall–Kier alpha value is -2.66. The second-order valence-corrected chi connectivity index (χ2v) is 6.30. The molecule has 0 aliphatic carbocycles. The fourth-order valence-electron chi connectivity index (χ4n) is 2.28. The van der Waals surface area contributed by atoms with Crippen LogP contribution < -0.4 is 10.1 Å². The van der Waals surface area contributed by atoms with Gasteiger partial charge in [-0.05, 0) is 43.3 Å². The number of rotatable bonds is 5. The van der Waals surface area contributed by atoms with Gasteiger partial charge in [0.1, 0.15) is 10.8 Å². The average molecular weight is 338 g/mol. The first kappa shape index (κ1) is 16.2. The Balaban J connectivity index is 1.82. The van der Waals surface area contributed by atoms with Crippen molar-refractivity contribution >= 4 is 33.2 Å². The quantitative estimate of drug-likeness (QED) is 0.409. The van der Waals surface area contributed by atoms with E-state index in [9.17, 15) is 4.79 Å². The average Bonchev–Trinajstić information content (AvgIpc) is 2.98. The summed E-state index contributed by atoms with van der Waals surface area (Å²) in [6.45, 7) is 4.22. The molecule has 122 valence electrons. The maximum atomic E-state index is 11.1. The van der Waals surface area contributed by atoms with Crippen molar-refractivity contribution in [3.05, 3.63) is 54.6 Å². The molecule has 2 aromatic carbocycles. The molecule has 3 rings (SSSR count). The largest absolute Gasteiger partial charge is 0.427 e. The summed E-state index contributed by atoms with van der Waals surface area (Å²) in [5.74, 6) is 0.230. The summed E-state index contributed by atoms with van der Waals surface area (Å²) in [5, 5.41) is 4.27. The molecule has 0 amide bonds. The molecule has 0 aliphatic heterocycles. The van der Waals surface area contributed by atoms with Crippen molar-refractivity contribution in [2.45, 2.75) is 13.8 Å². The van der Waals surface area contributed by atoms with Gasteiger partial charge in [-0.3, -0.25) is 4.79 Å². The first-order chi connectivity index (χ1) is 11.7. The minimum atomic E-state index is -0.319. The third kappa shape index (κ3) is 3.81. The number of carbonyl (C=O) groups excluding carboxylic acids is 1. The first-order valence-electron chi connectivity index (χ1n) is 7.70. The number of hydrogen-bond donors (Lipinski definition) is 1. The van der Waals surface area contributed by atoms with Gasteiger partial charge in [0.2, 0.25) is 0 Å². The van der Waals surface area contributed by atoms with Gasteiger partial charge in [-0.2, -0.15) is 0 Å². The number of nitrogens with zero attached hydrogens (tertiary/aromatic N) is 1. The molecule has 1 N–H and O–H groups in total. The van der Waals surface area contributed by atoms with Crippen LogP contribution in [0.3, 0.4) is 0 Å². The molecule has 0 bridgehead atoms. The maximum Gasteiger partial charge on any atom is 0.308 e. The van der Waals surface area contributed by atoms with Crippen molar-refractivity contribution in [2.75, 3.05) is 11.9 Å². The van der Waals surface area contributed by atoms with Gasteiger partial charge in [0.05, 0.1) is 10.2 Å². The number of ether oxygens (including phenoxy) is 1. The van der Waals surface area contributed by atoms with Crippen molar-refractivity contribution in [3.8, 4) is 16.3 Å². The van der Waals surface area contributed by atoms with Crippen LogP contribution in [0.15, 0.2) is 54.6 Å². The van der Waals surface area contributed by atoms with Crippen LogP contribution in [0.5, 0.6) is 5.75 Å². The Labute approximate surface area is 144 Å². The lowest BCUT2D eigenvalue weighted by Gasteiger charge is -2.03. The number of nitrogens with one attached hydrogen (secondary N) is 1. The Bertz CT molecular complexity index is 882. The highest BCUT2D eigenvalue weighted by molar-refractivity contribution is 7.21. The molecule has 4 nitrogen and oxygen atoms in total. The minimum Gasteiger partial charge on any atom is -0.427 e. The van der Waals surface area contributed by atoms with Crippen molar-refractivity contribution in [3.63, 3.8) is 0 Å². The lowest BCUT2D eigenvalue weighted by molar-refractivity contribution is -0.131. The fraction of sp³-hybridized carbons (Fsp3) is 0.158. The van der Waals surface area contributed by atoms with E-state index < -0.39 is 0 Å². The number of benzene rings is 2. The van der Waals surface area contributed by atoms with Gasteiger partial charge in [0, 0.05) is 30.8 Å². The molecule has 5 heteroatoms. The summed E-state index contributed by atoms with van der Waals surface area (Å²) in [6, 6.07) is 13.7. The van der Waals surface area contributed by atoms with Gasteiger partial charge in [-0.15, -0.1) is 11.3 Å². The van der Waals surface area contributed by atoms with E-state index in [1.54, 1.807) is 17.4 Å². The molecule has 3 aromatic rings. The number of fused-ring (bicyclic) bond motifs is 1. The summed E-state index contributed by atoms with van der Waals surface area (Å²) in [7, 11) is 0. The second kappa shape index (κ2) is 7.27. The van der Waals surface area contributed by atoms with Crippen LogP contribution in [-0.4, -0.2) is 17.5 Å². The number of carbonyl (C=O) groups is 1. The number of anilines is 1. The molecule has 0 atom stereocenters. The molecule has 24 heavy (non-hydrogen) atoms. The SMILES string of the molecule is C/C=C/CNc1ccc(-c2nc3ccc(OC(C)=O)cc3s2)cc1. The van der Waals surface area contributed by atoms with Gasteiger partial charge in [0.15, 0.2) is 0 Å². The number of aromatic nitrogens is 1. The van der Waals surface area contributed by atoms with Crippen LogP contribution in [0.2, 0.25) is 0 Å². The Morgan fingerprint density at radius 3 is 2.75 bits per heavy atom. The Kier molecular flexibility index (Phi) is 4.91. The van der Waals surface area contributed by atoms with E-state index in [0.717, 1.165) is 33.0 Å². The van der Waals surface area contributed by atoms with Crippen molar-refractivity contribution < 1.29 is 9.53 Å². The monoisotopic (exact) mass is 338 g/mol. The molecule has 0 saturated carbocycles. The van der Waals surface area contributed by atoms with E-state index in [-0.39, 0.29) is 5.97 Å². The smallest absolute Gasteiger partial charge is 0.308 e. The molecule has 1 aromatic heterocycles. The van der Waals surface area contributed by atoms with Crippen LogP contribution in [0.25, 0.3) is 20.8 Å². The number of hydrogen-bond acceptors (Lipinski definition) is 5. The molecular weight excluding hydrogens is 320 g/mol. The van der Waals surface area contributed by atoms with Gasteiger partial charge in [0.25, 0.3) is 0 Å². The standard InChI is InChI=1S/C19H18N2O2S/c1-3-4-11-20-15-7-5-14(6-8-15)19-21-17-10-9-16(23-13(2)22)12-18(17)24-19/h3-10,12,20H,11H2,1-2H3/b4-3+. The zero-order valence-electron chi connectivity index (χ0n) is 13.6. The van der Waals surface area contributed by atoms with Crippen LogP contribution in [0.4, 0.5) is 5.69 Å². The Morgan fingerprint density at radius 1 is 1.25 bits per heavy atom. The number of allylic oxidation sites excluding steroid dienone is 1. The lowest BCUT2D eigenvalue weighted by Crippen LogP contribution is -2.00. The first-order valence-corrected chi connectivity index (χ1v) is 8.52. The molecule has 0 saturated heterocycles. The second-order valence-electron chi connectivity index (χ2n) is 5.27. The topological polar surface area (TPSA) is 51.2 Å². The van der Waals surface area contributed by atoms with Crippen LogP contribution >= 0.6 is 11.3 Å². The van der Waals surface area contributed by atoms with Crippen LogP contribution in [0.1, 0.15) is 13.8 Å². The third-order valence-electron chi connectivity index (χ3n) is 3.41. The predicted molar refractivity (Wildman–Crippen MR) is 99.7 cm³/mol. The van der Waals surface area contributed by atoms with Gasteiger partial charge >= 0.3 is 5.97 Å². The summed E-state index contributed by atoms with van der Waals surface area (Å²) >= 11 is 1.58. The zero-order chi connectivity index (χ0) is 16.9. The normalized spacial score (nSPS) is 11.1. The molecule has 0 aliphatic rings. The predicted octanol–water partition coefficient (Wildman–Crippen LogP) is 4.88. The highest BCUT2D eigenvalue weighted by Gasteiger charge is 2.08. The molecule has 0 fully saturated rings. The van der Waals surface area contributed by atoms with Gasteiger partial charge in [-0.1, -0.05) is 12.2 Å². The minimum absolute atomic E-state index is 0.319. The van der Waals surface area contributed by atoms with Gasteiger partial charge in [-0.25, -0.2) is 4.98 Å². The fourth-order valence-corrected chi connectivity index (χ4v) is 3.28. The zero-order valence-corrected chi connectivity index (χ0v) is 14.4. The highest BCUT2D eigenvalue weighted by atomic mass is 32.1. The van der Waals surface area contributed by atoms with E-state index in [2.05, 4.69) is 40.6 Å². The Morgan fingerprint density at radius 2 is 2.04 bits per heavy atom. The molecule has 1 heterocycles. The summed E-state index contributed by atoms with van der Waals surface area (Å²) < 4.78 is 6.13. The van der Waals surface area contributed by atoms with Crippen molar-refractivity contribution in [1.29, 1.82) is 0 Å². The lowest BCUT2D eigenvalue weighted by atomic mass is 10.2. The summed E-state index contributed by atoms with van der Waals surface area (Å²) in [5.41, 5.74) is 3.05. The van der Waals surface area contributed by atoms with E-state index in [1.807, 2.05) is 25.1 Å². The van der Waals surface area contributed by atoms with Crippen LogP contribution in [-0.2, 0) is 4.79 Å². The van der Waals surface area contributed by atoms with Crippen molar-refractivity contribution in [2.24, 2.45) is 0 Å². The molecule has 0 unspecified atom stereocenters.